The number of methoxy groups -OCH3 is 1. The molecule has 0 amide bonds. The number of hydrogen-bond donors (Lipinski definition) is 1. The minimum atomic E-state index is -0.723. The number of hydrogen-bond acceptors (Lipinski definition) is 2. The number of rotatable bonds is 5. The van der Waals surface area contributed by atoms with E-state index in [-0.39, 0.29) is 14.5 Å². The van der Waals surface area contributed by atoms with Crippen LogP contribution in [0.1, 0.15) is 17.2 Å². The van der Waals surface area contributed by atoms with Gasteiger partial charge in [-0.05, 0) is 0 Å². The molecule has 4 aromatic rings. The van der Waals surface area contributed by atoms with E-state index in [1.807, 2.05) is 48.5 Å². The summed E-state index contributed by atoms with van der Waals surface area (Å²) in [7, 11) is 1.64. The summed E-state index contributed by atoms with van der Waals surface area (Å²) >= 11 is 0.126. The molecule has 0 saturated heterocycles. The standard InChI is InChI=1S/C24H20O2Se/c1-26-21-15-9-8-14-19(21)23(25)20-16-22(17-10-4-2-5-11-17)27-24(20)18-12-6-3-7-13-18/h2-16,23,25H,1H3. The van der Waals surface area contributed by atoms with Crippen LogP contribution in [-0.4, -0.2) is 26.7 Å². The van der Waals surface area contributed by atoms with Crippen molar-refractivity contribution in [2.45, 2.75) is 6.10 Å². The SMILES string of the molecule is COc1ccccc1C(O)c1cc(-c2ccccc2)[se]c1-c1ccccc1. The van der Waals surface area contributed by atoms with Gasteiger partial charge in [0.1, 0.15) is 0 Å². The van der Waals surface area contributed by atoms with Gasteiger partial charge in [0.2, 0.25) is 0 Å². The molecule has 0 spiro atoms. The first-order chi connectivity index (χ1) is 13.3. The second kappa shape index (κ2) is 7.97. The van der Waals surface area contributed by atoms with E-state index < -0.39 is 6.10 Å². The summed E-state index contributed by atoms with van der Waals surface area (Å²) in [5, 5.41) is 11.3. The Bertz CT molecular complexity index is 1020. The molecular formula is C24H20O2Se. The summed E-state index contributed by atoms with van der Waals surface area (Å²) in [6.07, 6.45) is -0.723. The van der Waals surface area contributed by atoms with Crippen molar-refractivity contribution in [2.24, 2.45) is 0 Å². The molecule has 0 fully saturated rings. The third kappa shape index (κ3) is 3.63. The molecule has 0 bridgehead atoms. The monoisotopic (exact) mass is 420 g/mol. The molecule has 4 rings (SSSR count). The Kier molecular flexibility index (Phi) is 5.26. The van der Waals surface area contributed by atoms with Gasteiger partial charge in [0.05, 0.1) is 0 Å². The summed E-state index contributed by atoms with van der Waals surface area (Å²) in [6, 6.07) is 30.6. The predicted molar refractivity (Wildman–Crippen MR) is 111 cm³/mol. The van der Waals surface area contributed by atoms with Gasteiger partial charge in [-0.1, -0.05) is 0 Å². The van der Waals surface area contributed by atoms with Gasteiger partial charge in [0.15, 0.2) is 0 Å². The molecule has 1 atom stereocenters. The fourth-order valence-corrected chi connectivity index (χ4v) is 5.75. The Morgan fingerprint density at radius 3 is 2.00 bits per heavy atom. The summed E-state index contributed by atoms with van der Waals surface area (Å²) in [5.74, 6) is 0.707. The van der Waals surface area contributed by atoms with Crippen LogP contribution in [0.4, 0.5) is 0 Å². The fourth-order valence-electron chi connectivity index (χ4n) is 3.23. The normalized spacial score (nSPS) is 11.9. The van der Waals surface area contributed by atoms with Gasteiger partial charge < -0.3 is 0 Å². The van der Waals surface area contributed by atoms with Crippen molar-refractivity contribution in [3.8, 4) is 25.8 Å². The molecule has 2 nitrogen and oxygen atoms in total. The molecule has 1 heterocycles. The number of ether oxygens (including phenoxy) is 1. The zero-order chi connectivity index (χ0) is 18.6. The molecule has 1 aromatic heterocycles. The second-order valence-corrected chi connectivity index (χ2v) is 8.48. The zero-order valence-electron chi connectivity index (χ0n) is 15.0. The van der Waals surface area contributed by atoms with E-state index in [1.165, 1.54) is 20.0 Å². The van der Waals surface area contributed by atoms with Crippen LogP contribution in [0.3, 0.4) is 0 Å². The Labute approximate surface area is 165 Å². The van der Waals surface area contributed by atoms with Crippen LogP contribution in [0.25, 0.3) is 20.0 Å². The molecule has 0 aliphatic rings. The van der Waals surface area contributed by atoms with E-state index in [0.29, 0.717) is 5.75 Å². The third-order valence-electron chi connectivity index (χ3n) is 4.58. The van der Waals surface area contributed by atoms with Crippen molar-refractivity contribution in [1.29, 1.82) is 0 Å². The van der Waals surface area contributed by atoms with Gasteiger partial charge in [-0.15, -0.1) is 0 Å². The Hall–Kier alpha value is -2.58. The van der Waals surface area contributed by atoms with Crippen LogP contribution in [0.2, 0.25) is 0 Å². The van der Waals surface area contributed by atoms with E-state index in [1.54, 1.807) is 7.11 Å². The maximum atomic E-state index is 11.3. The third-order valence-corrected chi connectivity index (χ3v) is 7.20. The summed E-state index contributed by atoms with van der Waals surface area (Å²) in [6.45, 7) is 0. The molecule has 27 heavy (non-hydrogen) atoms. The van der Waals surface area contributed by atoms with Gasteiger partial charge >= 0.3 is 165 Å². The Morgan fingerprint density at radius 2 is 1.33 bits per heavy atom. The molecule has 1 N–H and O–H groups in total. The number of para-hydroxylation sites is 1. The van der Waals surface area contributed by atoms with E-state index in [9.17, 15) is 5.11 Å². The van der Waals surface area contributed by atoms with E-state index >= 15 is 0 Å². The molecule has 0 saturated carbocycles. The van der Waals surface area contributed by atoms with E-state index in [0.717, 1.165) is 11.1 Å². The van der Waals surface area contributed by atoms with Gasteiger partial charge in [0.25, 0.3) is 0 Å². The zero-order valence-corrected chi connectivity index (χ0v) is 16.7. The van der Waals surface area contributed by atoms with Crippen LogP contribution in [0.15, 0.2) is 91.0 Å². The number of benzene rings is 3. The maximum absolute atomic E-state index is 11.3. The van der Waals surface area contributed by atoms with Crippen LogP contribution >= 0.6 is 0 Å². The first-order valence-electron chi connectivity index (χ1n) is 8.83. The first kappa shape index (κ1) is 17.8. The second-order valence-electron chi connectivity index (χ2n) is 6.27. The number of aliphatic hydroxyl groups is 1. The molecule has 0 aliphatic heterocycles. The molecule has 3 aromatic carbocycles. The molecule has 0 radical (unpaired) electrons. The van der Waals surface area contributed by atoms with Crippen LogP contribution in [0.5, 0.6) is 5.75 Å². The predicted octanol–water partition coefficient (Wildman–Crippen LogP) is 5.17. The number of aliphatic hydroxyl groups excluding tert-OH is 1. The topological polar surface area (TPSA) is 29.5 Å². The summed E-state index contributed by atoms with van der Waals surface area (Å²) in [5.41, 5.74) is 4.14. The van der Waals surface area contributed by atoms with Crippen molar-refractivity contribution in [3.63, 3.8) is 0 Å². The quantitative estimate of drug-likeness (QED) is 0.453. The average molecular weight is 419 g/mol. The Balaban J connectivity index is 1.87. The van der Waals surface area contributed by atoms with E-state index in [4.69, 9.17) is 4.74 Å². The summed E-state index contributed by atoms with van der Waals surface area (Å²) < 4.78 is 7.99. The van der Waals surface area contributed by atoms with E-state index in [2.05, 4.69) is 42.5 Å². The van der Waals surface area contributed by atoms with Crippen LogP contribution in [-0.2, 0) is 0 Å². The van der Waals surface area contributed by atoms with Gasteiger partial charge in [-0.2, -0.15) is 0 Å². The Morgan fingerprint density at radius 1 is 0.741 bits per heavy atom. The van der Waals surface area contributed by atoms with Crippen molar-refractivity contribution < 1.29 is 9.84 Å². The molecule has 1 unspecified atom stereocenters. The average Bonchev–Trinajstić information content (AvgIpc) is 3.20. The van der Waals surface area contributed by atoms with Gasteiger partial charge in [-0.25, -0.2) is 0 Å². The molecular weight excluding hydrogens is 399 g/mol. The summed E-state index contributed by atoms with van der Waals surface area (Å²) in [4.78, 5) is 0. The van der Waals surface area contributed by atoms with Crippen LogP contribution < -0.4 is 4.74 Å². The minimum absolute atomic E-state index is 0.126. The van der Waals surface area contributed by atoms with Crippen molar-refractivity contribution in [3.05, 3.63) is 102 Å². The van der Waals surface area contributed by atoms with Gasteiger partial charge in [-0.3, -0.25) is 0 Å². The fraction of sp³-hybridized carbons (Fsp3) is 0.0833. The molecule has 0 aliphatic carbocycles. The molecule has 3 heteroatoms. The molecule has 134 valence electrons. The van der Waals surface area contributed by atoms with Crippen molar-refractivity contribution in [2.75, 3.05) is 7.11 Å². The van der Waals surface area contributed by atoms with Crippen molar-refractivity contribution in [1.82, 2.24) is 0 Å². The van der Waals surface area contributed by atoms with Crippen LogP contribution in [0, 0.1) is 0 Å². The first-order valence-corrected chi connectivity index (χ1v) is 10.5. The van der Waals surface area contributed by atoms with Gasteiger partial charge in [0, 0.05) is 0 Å². The van der Waals surface area contributed by atoms with Crippen molar-refractivity contribution >= 4 is 14.5 Å².